The average molecular weight is 592 g/mol. The van der Waals surface area contributed by atoms with Crippen molar-refractivity contribution in [1.82, 2.24) is 9.55 Å². The van der Waals surface area contributed by atoms with Gasteiger partial charge in [0.25, 0.3) is 0 Å². The summed E-state index contributed by atoms with van der Waals surface area (Å²) in [6.45, 7) is 4.34. The fraction of sp³-hybridized carbons (Fsp3) is 0.200. The van der Waals surface area contributed by atoms with Crippen molar-refractivity contribution in [2.75, 3.05) is 10.7 Å². The lowest BCUT2D eigenvalue weighted by Gasteiger charge is -2.21. The number of carbonyl (C=O) groups excluding carboxylic acids is 1. The molecule has 6 rings (SSSR count). The van der Waals surface area contributed by atoms with Crippen LogP contribution in [0.1, 0.15) is 30.9 Å². The Morgan fingerprint density at radius 1 is 1.10 bits per heavy atom. The van der Waals surface area contributed by atoms with Crippen LogP contribution in [0.15, 0.2) is 83.1 Å². The molecule has 1 fully saturated rings. The first-order valence-corrected chi connectivity index (χ1v) is 14.0. The molecule has 3 aromatic carbocycles. The molecule has 0 N–H and O–H groups in total. The van der Waals surface area contributed by atoms with Crippen molar-refractivity contribution in [3.05, 3.63) is 84.1 Å². The number of rotatable bonds is 6. The maximum absolute atomic E-state index is 12.7. The number of imidazole rings is 1. The van der Waals surface area contributed by atoms with Crippen molar-refractivity contribution in [3.63, 3.8) is 0 Å². The number of benzene rings is 3. The van der Waals surface area contributed by atoms with Gasteiger partial charge in [-0.25, -0.2) is 4.98 Å². The van der Waals surface area contributed by atoms with E-state index in [2.05, 4.69) is 33.8 Å². The van der Waals surface area contributed by atoms with Crippen LogP contribution in [0.4, 0.5) is 18.9 Å². The van der Waals surface area contributed by atoms with E-state index in [0.29, 0.717) is 33.8 Å². The monoisotopic (exact) mass is 591 g/mol. The Kier molecular flexibility index (Phi) is 7.23. The van der Waals surface area contributed by atoms with E-state index < -0.39 is 6.36 Å². The largest absolute Gasteiger partial charge is 0.573 e. The van der Waals surface area contributed by atoms with Crippen LogP contribution in [0, 0.1) is 0 Å². The van der Waals surface area contributed by atoms with E-state index in [1.165, 1.54) is 23.9 Å². The van der Waals surface area contributed by atoms with Crippen molar-refractivity contribution >= 4 is 34.7 Å². The molecule has 0 saturated carbocycles. The summed E-state index contributed by atoms with van der Waals surface area (Å²) in [7, 11) is 0. The molecule has 214 valence electrons. The van der Waals surface area contributed by atoms with Gasteiger partial charge in [0.15, 0.2) is 11.9 Å². The van der Waals surface area contributed by atoms with Gasteiger partial charge in [-0.3, -0.25) is 14.3 Å². The van der Waals surface area contributed by atoms with Crippen LogP contribution in [-0.4, -0.2) is 39.0 Å². The zero-order chi connectivity index (χ0) is 29.4. The van der Waals surface area contributed by atoms with E-state index in [-0.39, 0.29) is 24.3 Å². The third-order valence-corrected chi connectivity index (χ3v) is 7.66. The first-order chi connectivity index (χ1) is 20.2. The number of carbonyl (C=O) groups is 1. The van der Waals surface area contributed by atoms with Crippen molar-refractivity contribution in [3.8, 4) is 34.1 Å². The maximum atomic E-state index is 12.7. The summed E-state index contributed by atoms with van der Waals surface area (Å²) in [5.74, 6) is 1.49. The summed E-state index contributed by atoms with van der Waals surface area (Å²) >= 11 is 1.35. The van der Waals surface area contributed by atoms with Crippen molar-refractivity contribution < 1.29 is 27.4 Å². The number of nitrogens with zero attached hydrogens (tertiary/aromatic N) is 5. The minimum atomic E-state index is -4.75. The second-order valence-corrected chi connectivity index (χ2v) is 10.8. The number of fused-ring (bicyclic) bond motifs is 3. The van der Waals surface area contributed by atoms with Gasteiger partial charge >= 0.3 is 6.36 Å². The Morgan fingerprint density at radius 2 is 1.88 bits per heavy atom. The van der Waals surface area contributed by atoms with E-state index in [1.807, 2.05) is 47.0 Å². The Labute approximate surface area is 243 Å². The minimum absolute atomic E-state index is 0.0373. The first-order valence-electron chi connectivity index (χ1n) is 13.0. The lowest BCUT2D eigenvalue weighted by atomic mass is 10.0. The molecular formula is C30H24F3N5O3S. The summed E-state index contributed by atoms with van der Waals surface area (Å²) in [6.07, 6.45) is -1.49. The van der Waals surface area contributed by atoms with Gasteiger partial charge in [-0.1, -0.05) is 49.9 Å². The molecule has 1 aromatic heterocycles. The molecule has 0 aliphatic carbocycles. The summed E-state index contributed by atoms with van der Waals surface area (Å²) in [5, 5.41) is 9.15. The van der Waals surface area contributed by atoms with Crippen LogP contribution >= 0.6 is 11.8 Å². The number of thioether (sulfide) groups is 1. The lowest BCUT2D eigenvalue weighted by molar-refractivity contribution is -0.274. The number of alkyl halides is 3. The highest BCUT2D eigenvalue weighted by molar-refractivity contribution is 8.15. The Balaban J connectivity index is 1.21. The quantitative estimate of drug-likeness (QED) is 0.177. The molecule has 2 aliphatic heterocycles. The standard InChI is InChI=1S/C30H24F3N5O3S/c1-18(2)22-5-3-4-6-24(22)38-27(39)16-42-29(38)36-35-14-19-7-12-23-26(13-19)40-17-37-25(15-34-28(23)37)20-8-10-21(11-9-20)41-30(31,32)33/h3-15,18H,16-17H2,1-2H3/b35-14-,36-29-. The number of ether oxygens (including phenoxy) is 2. The number of anilines is 1. The molecule has 1 amide bonds. The van der Waals surface area contributed by atoms with Crippen LogP contribution in [0.5, 0.6) is 11.5 Å². The molecule has 8 nitrogen and oxygen atoms in total. The molecule has 3 heterocycles. The van der Waals surface area contributed by atoms with Gasteiger partial charge in [-0.2, -0.15) is 5.10 Å². The number of aromatic nitrogens is 2. The second kappa shape index (κ2) is 11.0. The molecule has 4 aromatic rings. The van der Waals surface area contributed by atoms with E-state index in [4.69, 9.17) is 4.74 Å². The topological polar surface area (TPSA) is 81.3 Å². The summed E-state index contributed by atoms with van der Waals surface area (Å²) < 4.78 is 49.3. The SMILES string of the molecule is CC(C)c1ccccc1N1C(=O)CS/C1=N\N=C/c1ccc2c(c1)OCn1c(-c3ccc(OC(F)(F)F)cc3)cnc1-2. The predicted octanol–water partition coefficient (Wildman–Crippen LogP) is 7.06. The first kappa shape index (κ1) is 27.6. The number of halogens is 3. The van der Waals surface area contributed by atoms with Gasteiger partial charge in [0.05, 0.1) is 35.1 Å². The smallest absolute Gasteiger partial charge is 0.472 e. The third-order valence-electron chi connectivity index (χ3n) is 6.75. The highest BCUT2D eigenvalue weighted by Gasteiger charge is 2.32. The number of amides is 1. The van der Waals surface area contributed by atoms with Gasteiger partial charge < -0.3 is 9.47 Å². The Bertz CT molecular complexity index is 1710. The number of hydrogen-bond acceptors (Lipinski definition) is 7. The normalized spacial score (nSPS) is 15.8. The van der Waals surface area contributed by atoms with Gasteiger partial charge in [-0.05, 0) is 59.5 Å². The zero-order valence-corrected chi connectivity index (χ0v) is 23.3. The zero-order valence-electron chi connectivity index (χ0n) is 22.5. The Hall–Kier alpha value is -4.58. The number of para-hydroxylation sites is 1. The molecule has 0 unspecified atom stereocenters. The number of amidine groups is 1. The van der Waals surface area contributed by atoms with Crippen molar-refractivity contribution in [1.29, 1.82) is 0 Å². The molecule has 0 bridgehead atoms. The van der Waals surface area contributed by atoms with Gasteiger partial charge in [0, 0.05) is 5.56 Å². The third kappa shape index (κ3) is 5.49. The van der Waals surface area contributed by atoms with Crippen LogP contribution in [-0.2, 0) is 11.5 Å². The summed E-state index contributed by atoms with van der Waals surface area (Å²) in [5.41, 5.74) is 4.77. The molecule has 0 atom stereocenters. The summed E-state index contributed by atoms with van der Waals surface area (Å²) in [4.78, 5) is 18.9. The highest BCUT2D eigenvalue weighted by atomic mass is 32.2. The van der Waals surface area contributed by atoms with E-state index in [9.17, 15) is 18.0 Å². The molecule has 42 heavy (non-hydrogen) atoms. The summed E-state index contributed by atoms with van der Waals surface area (Å²) in [6, 6.07) is 19.0. The predicted molar refractivity (Wildman–Crippen MR) is 156 cm³/mol. The fourth-order valence-electron chi connectivity index (χ4n) is 4.83. The van der Waals surface area contributed by atoms with Crippen LogP contribution in [0.25, 0.3) is 22.6 Å². The molecule has 12 heteroatoms. The van der Waals surface area contributed by atoms with Crippen molar-refractivity contribution in [2.45, 2.75) is 32.9 Å². The van der Waals surface area contributed by atoms with Crippen molar-refractivity contribution in [2.24, 2.45) is 10.2 Å². The van der Waals surface area contributed by atoms with E-state index in [0.717, 1.165) is 22.4 Å². The lowest BCUT2D eigenvalue weighted by Crippen LogP contribution is -2.30. The Morgan fingerprint density at radius 3 is 2.64 bits per heavy atom. The molecule has 0 radical (unpaired) electrons. The average Bonchev–Trinajstić information content (AvgIpc) is 3.56. The fourth-order valence-corrected chi connectivity index (χ4v) is 5.65. The number of hydrogen-bond donors (Lipinski definition) is 0. The minimum Gasteiger partial charge on any atom is -0.472 e. The van der Waals surface area contributed by atoms with E-state index >= 15 is 0 Å². The second-order valence-electron chi connectivity index (χ2n) is 9.85. The molecule has 0 spiro atoms. The van der Waals surface area contributed by atoms with Crippen LogP contribution in [0.3, 0.4) is 0 Å². The molecular weight excluding hydrogens is 567 g/mol. The van der Waals surface area contributed by atoms with Crippen LogP contribution < -0.4 is 14.4 Å². The maximum Gasteiger partial charge on any atom is 0.573 e. The molecule has 2 aliphatic rings. The van der Waals surface area contributed by atoms with Crippen LogP contribution in [0.2, 0.25) is 0 Å². The molecule has 1 saturated heterocycles. The van der Waals surface area contributed by atoms with Gasteiger partial charge in [-0.15, -0.1) is 18.3 Å². The van der Waals surface area contributed by atoms with Gasteiger partial charge in [0.1, 0.15) is 17.3 Å². The van der Waals surface area contributed by atoms with E-state index in [1.54, 1.807) is 29.4 Å². The highest BCUT2D eigenvalue weighted by Crippen LogP contribution is 2.38. The van der Waals surface area contributed by atoms with Gasteiger partial charge in [0.2, 0.25) is 5.91 Å².